The molecule has 0 spiro atoms. The SMILES string of the molecule is CCOc1ccc(-c2nc(C)c(C(=O)NCc3ccn(C4CCCC4)n3)s2)cc1. The van der Waals surface area contributed by atoms with Gasteiger partial charge in [0.25, 0.3) is 5.91 Å². The molecule has 1 aliphatic carbocycles. The Balaban J connectivity index is 1.40. The number of nitrogens with one attached hydrogen (secondary N) is 1. The number of benzene rings is 1. The molecule has 2 aromatic heterocycles. The predicted octanol–water partition coefficient (Wildman–Crippen LogP) is 4.76. The van der Waals surface area contributed by atoms with Crippen LogP contribution in [0.15, 0.2) is 36.5 Å². The molecular formula is C22H26N4O2S. The van der Waals surface area contributed by atoms with Gasteiger partial charge in [-0.3, -0.25) is 9.48 Å². The quantitative estimate of drug-likeness (QED) is 0.610. The van der Waals surface area contributed by atoms with Crippen molar-refractivity contribution in [2.75, 3.05) is 6.61 Å². The number of nitrogens with zero attached hydrogens (tertiary/aromatic N) is 3. The summed E-state index contributed by atoms with van der Waals surface area (Å²) in [5.74, 6) is 0.729. The van der Waals surface area contributed by atoms with E-state index in [0.29, 0.717) is 24.1 Å². The van der Waals surface area contributed by atoms with Gasteiger partial charge < -0.3 is 10.1 Å². The van der Waals surface area contributed by atoms with Crippen molar-refractivity contribution >= 4 is 17.2 Å². The van der Waals surface area contributed by atoms with Crippen molar-refractivity contribution in [1.29, 1.82) is 0 Å². The van der Waals surface area contributed by atoms with Gasteiger partial charge in [0.1, 0.15) is 15.6 Å². The van der Waals surface area contributed by atoms with Crippen molar-refractivity contribution in [3.05, 3.63) is 52.8 Å². The van der Waals surface area contributed by atoms with Gasteiger partial charge in [0.2, 0.25) is 0 Å². The highest BCUT2D eigenvalue weighted by molar-refractivity contribution is 7.17. The van der Waals surface area contributed by atoms with Crippen LogP contribution >= 0.6 is 11.3 Å². The number of amides is 1. The zero-order valence-electron chi connectivity index (χ0n) is 16.9. The summed E-state index contributed by atoms with van der Waals surface area (Å²) in [7, 11) is 0. The summed E-state index contributed by atoms with van der Waals surface area (Å²) in [6, 6.07) is 10.3. The smallest absolute Gasteiger partial charge is 0.263 e. The van der Waals surface area contributed by atoms with Gasteiger partial charge in [0.15, 0.2) is 0 Å². The highest BCUT2D eigenvalue weighted by atomic mass is 32.1. The van der Waals surface area contributed by atoms with Crippen molar-refractivity contribution in [2.45, 2.75) is 52.1 Å². The lowest BCUT2D eigenvalue weighted by Gasteiger charge is -2.08. The lowest BCUT2D eigenvalue weighted by Crippen LogP contribution is -2.23. The number of carbonyl (C=O) groups excluding carboxylic acids is 1. The van der Waals surface area contributed by atoms with Crippen LogP contribution in [0, 0.1) is 6.92 Å². The topological polar surface area (TPSA) is 69.0 Å². The molecule has 0 saturated heterocycles. The van der Waals surface area contributed by atoms with Gasteiger partial charge in [-0.1, -0.05) is 12.8 Å². The van der Waals surface area contributed by atoms with E-state index in [9.17, 15) is 4.79 Å². The Bertz CT molecular complexity index is 971. The van der Waals surface area contributed by atoms with Gasteiger partial charge in [-0.25, -0.2) is 4.98 Å². The number of hydrogen-bond donors (Lipinski definition) is 1. The maximum absolute atomic E-state index is 12.7. The lowest BCUT2D eigenvalue weighted by molar-refractivity contribution is 0.0953. The van der Waals surface area contributed by atoms with Crippen LogP contribution in [0.1, 0.15) is 59.7 Å². The van der Waals surface area contributed by atoms with E-state index in [1.54, 1.807) is 0 Å². The third-order valence-corrected chi connectivity index (χ3v) is 6.41. The molecule has 0 atom stereocenters. The average molecular weight is 411 g/mol. The van der Waals surface area contributed by atoms with E-state index < -0.39 is 0 Å². The molecule has 0 aliphatic heterocycles. The molecule has 4 rings (SSSR count). The molecule has 1 N–H and O–H groups in total. The number of aromatic nitrogens is 3. The van der Waals surface area contributed by atoms with Crippen molar-refractivity contribution in [3.63, 3.8) is 0 Å². The number of rotatable bonds is 7. The first-order valence-corrected chi connectivity index (χ1v) is 11.0. The molecule has 1 aliphatic rings. The predicted molar refractivity (Wildman–Crippen MR) is 114 cm³/mol. The first-order chi connectivity index (χ1) is 14.1. The van der Waals surface area contributed by atoms with E-state index in [1.165, 1.54) is 37.0 Å². The Morgan fingerprint density at radius 1 is 1.24 bits per heavy atom. The fourth-order valence-corrected chi connectivity index (χ4v) is 4.67. The summed E-state index contributed by atoms with van der Waals surface area (Å²) >= 11 is 1.41. The largest absolute Gasteiger partial charge is 0.494 e. The molecule has 29 heavy (non-hydrogen) atoms. The zero-order valence-corrected chi connectivity index (χ0v) is 17.7. The molecule has 1 fully saturated rings. The van der Waals surface area contributed by atoms with Gasteiger partial charge in [-0.2, -0.15) is 5.10 Å². The molecule has 0 bridgehead atoms. The van der Waals surface area contributed by atoms with E-state index in [1.807, 2.05) is 50.4 Å². The molecule has 3 aromatic rings. The maximum Gasteiger partial charge on any atom is 0.263 e. The summed E-state index contributed by atoms with van der Waals surface area (Å²) < 4.78 is 7.54. The third-order valence-electron chi connectivity index (χ3n) is 5.21. The van der Waals surface area contributed by atoms with E-state index in [-0.39, 0.29) is 5.91 Å². The molecule has 0 unspecified atom stereocenters. The number of aryl methyl sites for hydroxylation is 1. The highest BCUT2D eigenvalue weighted by Gasteiger charge is 2.19. The summed E-state index contributed by atoms with van der Waals surface area (Å²) in [5, 5.41) is 8.46. The van der Waals surface area contributed by atoms with Crippen molar-refractivity contribution < 1.29 is 9.53 Å². The van der Waals surface area contributed by atoms with Crippen LogP contribution in [-0.4, -0.2) is 27.3 Å². The third kappa shape index (κ3) is 4.50. The molecule has 2 heterocycles. The molecule has 1 saturated carbocycles. The van der Waals surface area contributed by atoms with Crippen LogP contribution in [0.3, 0.4) is 0 Å². The summed E-state index contributed by atoms with van der Waals surface area (Å²) in [6.07, 6.45) is 6.97. The Kier molecular flexibility index (Phi) is 5.94. The molecule has 1 aromatic carbocycles. The van der Waals surface area contributed by atoms with E-state index in [4.69, 9.17) is 4.74 Å². The maximum atomic E-state index is 12.7. The molecule has 152 valence electrons. The van der Waals surface area contributed by atoms with E-state index >= 15 is 0 Å². The normalized spacial score (nSPS) is 14.3. The minimum absolute atomic E-state index is 0.104. The second-order valence-corrected chi connectivity index (χ2v) is 8.30. The van der Waals surface area contributed by atoms with Gasteiger partial charge in [0, 0.05) is 11.8 Å². The number of ether oxygens (including phenoxy) is 1. The van der Waals surface area contributed by atoms with Crippen molar-refractivity contribution in [3.8, 4) is 16.3 Å². The van der Waals surface area contributed by atoms with Gasteiger partial charge in [-0.05, 0) is 57.0 Å². The Hall–Kier alpha value is -2.67. The monoisotopic (exact) mass is 410 g/mol. The molecule has 6 nitrogen and oxygen atoms in total. The second-order valence-electron chi connectivity index (χ2n) is 7.30. The Morgan fingerprint density at radius 3 is 2.72 bits per heavy atom. The summed E-state index contributed by atoms with van der Waals surface area (Å²) in [4.78, 5) is 17.9. The van der Waals surface area contributed by atoms with Gasteiger partial charge in [-0.15, -0.1) is 11.3 Å². The summed E-state index contributed by atoms with van der Waals surface area (Å²) in [5.41, 5.74) is 2.61. The van der Waals surface area contributed by atoms with Crippen LogP contribution < -0.4 is 10.1 Å². The van der Waals surface area contributed by atoms with Crippen LogP contribution in [0.2, 0.25) is 0 Å². The Labute approximate surface area is 174 Å². The lowest BCUT2D eigenvalue weighted by atomic mass is 10.2. The first-order valence-electron chi connectivity index (χ1n) is 10.2. The van der Waals surface area contributed by atoms with Crippen molar-refractivity contribution in [2.24, 2.45) is 0 Å². The number of hydrogen-bond acceptors (Lipinski definition) is 5. The molecule has 0 radical (unpaired) electrons. The molecule has 1 amide bonds. The van der Waals surface area contributed by atoms with Crippen molar-refractivity contribution in [1.82, 2.24) is 20.1 Å². The fraction of sp³-hybridized carbons (Fsp3) is 0.409. The molecular weight excluding hydrogens is 384 g/mol. The minimum atomic E-state index is -0.104. The number of carbonyl (C=O) groups is 1. The minimum Gasteiger partial charge on any atom is -0.494 e. The van der Waals surface area contributed by atoms with Gasteiger partial charge in [0.05, 0.1) is 30.6 Å². The highest BCUT2D eigenvalue weighted by Crippen LogP contribution is 2.30. The second kappa shape index (κ2) is 8.78. The number of thiazole rings is 1. The zero-order chi connectivity index (χ0) is 20.2. The average Bonchev–Trinajstić information content (AvgIpc) is 3.47. The summed E-state index contributed by atoms with van der Waals surface area (Å²) in [6.45, 7) is 4.90. The van der Waals surface area contributed by atoms with E-state index in [2.05, 4.69) is 20.1 Å². The van der Waals surface area contributed by atoms with Crippen LogP contribution in [0.5, 0.6) is 5.75 Å². The van der Waals surface area contributed by atoms with Crippen LogP contribution in [-0.2, 0) is 6.54 Å². The fourth-order valence-electron chi connectivity index (χ4n) is 3.69. The van der Waals surface area contributed by atoms with Crippen LogP contribution in [0.4, 0.5) is 0 Å². The molecule has 7 heteroatoms. The Morgan fingerprint density at radius 2 is 2.00 bits per heavy atom. The van der Waals surface area contributed by atoms with Gasteiger partial charge >= 0.3 is 0 Å². The first kappa shape index (κ1) is 19.6. The van der Waals surface area contributed by atoms with Crippen LogP contribution in [0.25, 0.3) is 10.6 Å². The van der Waals surface area contributed by atoms with E-state index in [0.717, 1.165) is 27.7 Å². The standard InChI is InChI=1S/C22H26N4O2S/c1-3-28-19-10-8-16(9-11-19)22-24-15(2)20(29-22)21(27)23-14-17-12-13-26(25-17)18-6-4-5-7-18/h8-13,18H,3-7,14H2,1-2H3,(H,23,27).